The molecule has 1 aliphatic heterocycles. The number of sulfonamides is 1. The molecule has 0 atom stereocenters. The van der Waals surface area contributed by atoms with E-state index in [-0.39, 0.29) is 22.6 Å². The van der Waals surface area contributed by atoms with E-state index >= 15 is 0 Å². The normalized spacial score (nSPS) is 17.8. The molecule has 0 radical (unpaired) electrons. The molecule has 1 aliphatic carbocycles. The molecule has 2 amide bonds. The van der Waals surface area contributed by atoms with Gasteiger partial charge >= 0.3 is 0 Å². The lowest BCUT2D eigenvalue weighted by molar-refractivity contribution is -0.117. The fourth-order valence-corrected chi connectivity index (χ4v) is 4.81. The highest BCUT2D eigenvalue weighted by molar-refractivity contribution is 7.89. The van der Waals surface area contributed by atoms with Crippen LogP contribution in [0.4, 0.5) is 11.4 Å². The molecule has 2 aromatic rings. The van der Waals surface area contributed by atoms with Crippen molar-refractivity contribution < 1.29 is 18.0 Å². The molecular formula is C22H26N4O4S. The molecule has 164 valence electrons. The Bertz CT molecular complexity index is 1060. The average Bonchev–Trinajstić information content (AvgIpc) is 3.60. The molecule has 1 saturated carbocycles. The molecule has 0 unspecified atom stereocenters. The van der Waals surface area contributed by atoms with Crippen LogP contribution in [0.3, 0.4) is 0 Å². The third kappa shape index (κ3) is 5.12. The number of nitrogens with one attached hydrogen (secondary N) is 2. The van der Waals surface area contributed by atoms with Gasteiger partial charge in [-0.05, 0) is 68.4 Å². The molecule has 2 N–H and O–H groups in total. The first-order valence-electron chi connectivity index (χ1n) is 10.3. The molecular weight excluding hydrogens is 416 g/mol. The van der Waals surface area contributed by atoms with Crippen LogP contribution in [0.2, 0.25) is 0 Å². The number of anilines is 2. The van der Waals surface area contributed by atoms with Gasteiger partial charge in [0.1, 0.15) is 0 Å². The number of benzene rings is 2. The van der Waals surface area contributed by atoms with E-state index in [1.165, 1.54) is 16.4 Å². The first-order chi connectivity index (χ1) is 14.8. The number of carbonyl (C=O) groups excluding carboxylic acids is 2. The maximum absolute atomic E-state index is 12.8. The van der Waals surface area contributed by atoms with Gasteiger partial charge in [-0.25, -0.2) is 8.42 Å². The van der Waals surface area contributed by atoms with Crippen LogP contribution in [-0.2, 0) is 14.8 Å². The molecule has 4 rings (SSSR count). The zero-order chi connectivity index (χ0) is 22.0. The summed E-state index contributed by atoms with van der Waals surface area (Å²) < 4.78 is 27.1. The lowest BCUT2D eigenvalue weighted by Crippen LogP contribution is -2.46. The second kappa shape index (κ2) is 8.78. The third-order valence-electron chi connectivity index (χ3n) is 5.57. The lowest BCUT2D eigenvalue weighted by atomic mass is 10.2. The minimum Gasteiger partial charge on any atom is -0.326 e. The summed E-state index contributed by atoms with van der Waals surface area (Å²) in [6.07, 6.45) is 1.86. The Hall–Kier alpha value is -2.75. The van der Waals surface area contributed by atoms with Gasteiger partial charge in [-0.15, -0.1) is 0 Å². The van der Waals surface area contributed by atoms with Crippen molar-refractivity contribution in [1.82, 2.24) is 9.21 Å². The van der Waals surface area contributed by atoms with Crippen molar-refractivity contribution in [1.29, 1.82) is 0 Å². The lowest BCUT2D eigenvalue weighted by Gasteiger charge is -2.31. The Morgan fingerprint density at radius 1 is 0.839 bits per heavy atom. The van der Waals surface area contributed by atoms with Crippen LogP contribution in [0.1, 0.15) is 23.2 Å². The minimum atomic E-state index is -3.54. The second-order valence-electron chi connectivity index (χ2n) is 8.03. The van der Waals surface area contributed by atoms with Gasteiger partial charge in [0.25, 0.3) is 5.91 Å². The van der Waals surface area contributed by atoms with Crippen molar-refractivity contribution >= 4 is 33.2 Å². The number of hydrogen-bond donors (Lipinski definition) is 2. The van der Waals surface area contributed by atoms with E-state index < -0.39 is 10.0 Å². The second-order valence-corrected chi connectivity index (χ2v) is 9.96. The molecule has 2 fully saturated rings. The maximum Gasteiger partial charge on any atom is 0.255 e. The summed E-state index contributed by atoms with van der Waals surface area (Å²) in [6, 6.07) is 12.9. The Kier molecular flexibility index (Phi) is 6.08. The zero-order valence-electron chi connectivity index (χ0n) is 17.4. The van der Waals surface area contributed by atoms with E-state index in [0.717, 1.165) is 12.8 Å². The van der Waals surface area contributed by atoms with Crippen molar-refractivity contribution in [2.24, 2.45) is 5.92 Å². The number of amides is 2. The van der Waals surface area contributed by atoms with Gasteiger partial charge in [0, 0.05) is 49.0 Å². The molecule has 9 heteroatoms. The zero-order valence-corrected chi connectivity index (χ0v) is 18.2. The fraction of sp³-hybridized carbons (Fsp3) is 0.364. The number of carbonyl (C=O) groups is 2. The summed E-state index contributed by atoms with van der Waals surface area (Å²) in [6.45, 7) is 2.34. The molecule has 1 heterocycles. The summed E-state index contributed by atoms with van der Waals surface area (Å²) in [5.74, 6) is -0.176. The maximum atomic E-state index is 12.8. The highest BCUT2D eigenvalue weighted by Crippen LogP contribution is 2.30. The fourth-order valence-electron chi connectivity index (χ4n) is 3.39. The summed E-state index contributed by atoms with van der Waals surface area (Å²) in [7, 11) is -1.57. The van der Waals surface area contributed by atoms with Crippen molar-refractivity contribution in [3.05, 3.63) is 54.1 Å². The van der Waals surface area contributed by atoms with Crippen molar-refractivity contribution in [2.75, 3.05) is 43.9 Å². The summed E-state index contributed by atoms with van der Waals surface area (Å²) >= 11 is 0. The highest BCUT2D eigenvalue weighted by atomic mass is 32.2. The van der Waals surface area contributed by atoms with Crippen LogP contribution in [0.5, 0.6) is 0 Å². The highest BCUT2D eigenvalue weighted by Gasteiger charge is 2.29. The van der Waals surface area contributed by atoms with E-state index in [4.69, 9.17) is 0 Å². The molecule has 2 aliphatic rings. The first kappa shape index (κ1) is 21.5. The number of piperazine rings is 1. The molecule has 8 nitrogen and oxygen atoms in total. The minimum absolute atomic E-state index is 0.0174. The van der Waals surface area contributed by atoms with Crippen molar-refractivity contribution in [3.63, 3.8) is 0 Å². The van der Waals surface area contributed by atoms with Crippen LogP contribution in [0.25, 0.3) is 0 Å². The quantitative estimate of drug-likeness (QED) is 0.715. The topological polar surface area (TPSA) is 98.8 Å². The Balaban J connectivity index is 1.37. The molecule has 0 bridgehead atoms. The van der Waals surface area contributed by atoms with Gasteiger partial charge in [-0.3, -0.25) is 9.59 Å². The number of nitrogens with zero attached hydrogens (tertiary/aromatic N) is 2. The van der Waals surface area contributed by atoms with E-state index in [1.54, 1.807) is 36.4 Å². The molecule has 0 spiro atoms. The number of hydrogen-bond acceptors (Lipinski definition) is 5. The van der Waals surface area contributed by atoms with Crippen LogP contribution in [0, 0.1) is 5.92 Å². The van der Waals surface area contributed by atoms with Crippen LogP contribution in [-0.4, -0.2) is 62.7 Å². The standard InChI is InChI=1S/C22H26N4O4S/c1-25-12-14-26(15-13-25)31(29,30)20-10-8-19(9-11-20)24-22(28)17-4-6-18(7-5-17)23-21(27)16-2-3-16/h4-11,16H,2-3,12-15H2,1H3,(H,23,27)(H,24,28). The Morgan fingerprint density at radius 3 is 1.97 bits per heavy atom. The number of likely N-dealkylation sites (N-methyl/N-ethyl adjacent to an activating group) is 1. The predicted molar refractivity (Wildman–Crippen MR) is 118 cm³/mol. The summed E-state index contributed by atoms with van der Waals surface area (Å²) in [5.41, 5.74) is 1.61. The molecule has 2 aromatic carbocycles. The molecule has 1 saturated heterocycles. The smallest absolute Gasteiger partial charge is 0.255 e. The molecule has 31 heavy (non-hydrogen) atoms. The van der Waals surface area contributed by atoms with E-state index in [1.807, 2.05) is 7.05 Å². The Labute approximate surface area is 182 Å². The van der Waals surface area contributed by atoms with Gasteiger partial charge in [0.15, 0.2) is 0 Å². The van der Waals surface area contributed by atoms with Crippen LogP contribution in [0.15, 0.2) is 53.4 Å². The molecule has 0 aromatic heterocycles. The van der Waals surface area contributed by atoms with Gasteiger partial charge < -0.3 is 15.5 Å². The van der Waals surface area contributed by atoms with Gasteiger partial charge in [-0.2, -0.15) is 4.31 Å². The van der Waals surface area contributed by atoms with Gasteiger partial charge in [-0.1, -0.05) is 0 Å². The van der Waals surface area contributed by atoms with E-state index in [9.17, 15) is 18.0 Å². The third-order valence-corrected chi connectivity index (χ3v) is 7.49. The SMILES string of the molecule is CN1CCN(S(=O)(=O)c2ccc(NC(=O)c3ccc(NC(=O)C4CC4)cc3)cc2)CC1. The van der Waals surface area contributed by atoms with E-state index in [2.05, 4.69) is 15.5 Å². The summed E-state index contributed by atoms with van der Waals surface area (Å²) in [5, 5.41) is 5.60. The van der Waals surface area contributed by atoms with Crippen LogP contribution < -0.4 is 10.6 Å². The largest absolute Gasteiger partial charge is 0.326 e. The number of rotatable bonds is 6. The first-order valence-corrected chi connectivity index (χ1v) is 11.8. The average molecular weight is 443 g/mol. The predicted octanol–water partition coefficient (Wildman–Crippen LogP) is 2.22. The van der Waals surface area contributed by atoms with Gasteiger partial charge in [0.05, 0.1) is 4.90 Å². The van der Waals surface area contributed by atoms with E-state index in [0.29, 0.717) is 43.1 Å². The van der Waals surface area contributed by atoms with Crippen LogP contribution >= 0.6 is 0 Å². The summed E-state index contributed by atoms with van der Waals surface area (Å²) in [4.78, 5) is 26.6. The van der Waals surface area contributed by atoms with Gasteiger partial charge in [0.2, 0.25) is 15.9 Å². The van der Waals surface area contributed by atoms with Crippen molar-refractivity contribution in [2.45, 2.75) is 17.7 Å². The monoisotopic (exact) mass is 442 g/mol. The Morgan fingerprint density at radius 2 is 1.39 bits per heavy atom. The van der Waals surface area contributed by atoms with Crippen molar-refractivity contribution in [3.8, 4) is 0 Å².